The summed E-state index contributed by atoms with van der Waals surface area (Å²) in [7, 11) is 0. The molecule has 0 saturated heterocycles. The molecule has 0 spiro atoms. The molecule has 19 heavy (non-hydrogen) atoms. The van der Waals surface area contributed by atoms with Gasteiger partial charge in [0.1, 0.15) is 0 Å². The Bertz CT molecular complexity index is 384. The minimum atomic E-state index is -0.478. The maximum absolute atomic E-state index is 10.6. The first kappa shape index (κ1) is 15.5. The molecular formula is C15H25N3O. The first-order valence-corrected chi connectivity index (χ1v) is 6.70. The van der Waals surface area contributed by atoms with Crippen LogP contribution in [-0.4, -0.2) is 19.1 Å². The average Bonchev–Trinajstić information content (AvgIpc) is 2.32. The van der Waals surface area contributed by atoms with Gasteiger partial charge in [0, 0.05) is 19.1 Å². The minimum Gasteiger partial charge on any atom is -0.352 e. The van der Waals surface area contributed by atoms with E-state index in [1.165, 1.54) is 5.56 Å². The highest BCUT2D eigenvalue weighted by Gasteiger charge is 2.19. The number of nitrogens with one attached hydrogen (secondary N) is 2. The molecular weight excluding hydrogens is 238 g/mol. The zero-order valence-electron chi connectivity index (χ0n) is 12.1. The highest BCUT2D eigenvalue weighted by molar-refractivity contribution is 5.71. The summed E-state index contributed by atoms with van der Waals surface area (Å²) in [5.41, 5.74) is 6.56. The number of hydrogen-bond donors (Lipinski definition) is 3. The molecule has 0 aromatic heterocycles. The summed E-state index contributed by atoms with van der Waals surface area (Å²) in [6.45, 7) is 7.94. The first-order chi connectivity index (χ1) is 8.88. The molecule has 1 rings (SSSR count). The Labute approximate surface area is 115 Å². The van der Waals surface area contributed by atoms with Crippen molar-refractivity contribution in [2.24, 2.45) is 11.1 Å². The monoisotopic (exact) mass is 263 g/mol. The molecule has 0 aliphatic carbocycles. The fraction of sp³-hybridized carbons (Fsp3) is 0.533. The molecule has 4 heteroatoms. The van der Waals surface area contributed by atoms with Gasteiger partial charge in [0.05, 0.1) is 0 Å². The second-order valence-corrected chi connectivity index (χ2v) is 5.97. The van der Waals surface area contributed by atoms with Crippen molar-refractivity contribution in [2.45, 2.75) is 33.2 Å². The van der Waals surface area contributed by atoms with Crippen LogP contribution in [0.25, 0.3) is 0 Å². The SMILES string of the molecule is CC(C)(C)CC(NCCNC(N)=O)c1ccccc1. The van der Waals surface area contributed by atoms with Gasteiger partial charge in [-0.1, -0.05) is 51.1 Å². The third-order valence-corrected chi connectivity index (χ3v) is 2.83. The molecule has 1 aromatic rings. The lowest BCUT2D eigenvalue weighted by Gasteiger charge is -2.27. The molecule has 0 fully saturated rings. The molecule has 4 N–H and O–H groups in total. The molecule has 2 amide bonds. The van der Waals surface area contributed by atoms with Crippen LogP contribution in [0, 0.1) is 5.41 Å². The molecule has 1 aromatic carbocycles. The van der Waals surface area contributed by atoms with E-state index in [-0.39, 0.29) is 11.5 Å². The van der Waals surface area contributed by atoms with Gasteiger partial charge in [-0.25, -0.2) is 4.79 Å². The predicted molar refractivity (Wildman–Crippen MR) is 78.8 cm³/mol. The second kappa shape index (κ2) is 7.14. The van der Waals surface area contributed by atoms with Crippen LogP contribution in [0.15, 0.2) is 30.3 Å². The second-order valence-electron chi connectivity index (χ2n) is 5.97. The van der Waals surface area contributed by atoms with Gasteiger partial charge in [0.25, 0.3) is 0 Å². The van der Waals surface area contributed by atoms with E-state index in [1.807, 2.05) is 18.2 Å². The van der Waals surface area contributed by atoms with Crippen molar-refractivity contribution >= 4 is 6.03 Å². The summed E-state index contributed by atoms with van der Waals surface area (Å²) < 4.78 is 0. The first-order valence-electron chi connectivity index (χ1n) is 6.70. The van der Waals surface area contributed by atoms with E-state index >= 15 is 0 Å². The Morgan fingerprint density at radius 1 is 1.21 bits per heavy atom. The summed E-state index contributed by atoms with van der Waals surface area (Å²) >= 11 is 0. The van der Waals surface area contributed by atoms with E-state index in [4.69, 9.17) is 5.73 Å². The van der Waals surface area contributed by atoms with Gasteiger partial charge < -0.3 is 16.4 Å². The van der Waals surface area contributed by atoms with Crippen molar-refractivity contribution in [3.63, 3.8) is 0 Å². The van der Waals surface area contributed by atoms with E-state index in [0.29, 0.717) is 13.1 Å². The highest BCUT2D eigenvalue weighted by atomic mass is 16.2. The number of primary amides is 1. The van der Waals surface area contributed by atoms with Gasteiger partial charge >= 0.3 is 6.03 Å². The topological polar surface area (TPSA) is 67.2 Å². The number of urea groups is 1. The Morgan fingerprint density at radius 3 is 2.37 bits per heavy atom. The number of amides is 2. The van der Waals surface area contributed by atoms with Crippen LogP contribution in [0.1, 0.15) is 38.8 Å². The zero-order chi connectivity index (χ0) is 14.3. The van der Waals surface area contributed by atoms with Crippen LogP contribution in [0.4, 0.5) is 4.79 Å². The standard InChI is InChI=1S/C15H25N3O/c1-15(2,3)11-13(12-7-5-4-6-8-12)17-9-10-18-14(16)19/h4-8,13,17H,9-11H2,1-3H3,(H3,16,18,19). The van der Waals surface area contributed by atoms with E-state index in [0.717, 1.165) is 6.42 Å². The number of benzene rings is 1. The number of nitrogens with two attached hydrogens (primary N) is 1. The van der Waals surface area contributed by atoms with E-state index in [1.54, 1.807) is 0 Å². The molecule has 0 bridgehead atoms. The third-order valence-electron chi connectivity index (χ3n) is 2.83. The number of rotatable bonds is 6. The lowest BCUT2D eigenvalue weighted by atomic mass is 9.85. The van der Waals surface area contributed by atoms with E-state index in [9.17, 15) is 4.79 Å². The van der Waals surface area contributed by atoms with Crippen LogP contribution >= 0.6 is 0 Å². The van der Waals surface area contributed by atoms with Gasteiger partial charge in [0.2, 0.25) is 0 Å². The fourth-order valence-electron chi connectivity index (χ4n) is 2.04. The summed E-state index contributed by atoms with van der Waals surface area (Å²) in [6.07, 6.45) is 1.04. The summed E-state index contributed by atoms with van der Waals surface area (Å²) in [5.74, 6) is 0. The smallest absolute Gasteiger partial charge is 0.312 e. The Kier molecular flexibility index (Phi) is 5.83. The van der Waals surface area contributed by atoms with Crippen LogP contribution in [0.5, 0.6) is 0 Å². The van der Waals surface area contributed by atoms with Crippen molar-refractivity contribution in [3.8, 4) is 0 Å². The largest absolute Gasteiger partial charge is 0.352 e. The van der Waals surface area contributed by atoms with Crippen molar-refractivity contribution < 1.29 is 4.79 Å². The van der Waals surface area contributed by atoms with Gasteiger partial charge in [-0.3, -0.25) is 0 Å². The molecule has 4 nitrogen and oxygen atoms in total. The van der Waals surface area contributed by atoms with Crippen LogP contribution in [0.2, 0.25) is 0 Å². The van der Waals surface area contributed by atoms with Crippen molar-refractivity contribution in [1.82, 2.24) is 10.6 Å². The molecule has 106 valence electrons. The van der Waals surface area contributed by atoms with Crippen molar-refractivity contribution in [2.75, 3.05) is 13.1 Å². The predicted octanol–water partition coefficient (Wildman–Crippen LogP) is 2.42. The van der Waals surface area contributed by atoms with Gasteiger partial charge in [-0.2, -0.15) is 0 Å². The van der Waals surface area contributed by atoms with E-state index in [2.05, 4.69) is 43.5 Å². The van der Waals surface area contributed by atoms with E-state index < -0.39 is 6.03 Å². The Morgan fingerprint density at radius 2 is 1.84 bits per heavy atom. The Balaban J connectivity index is 2.58. The summed E-state index contributed by atoms with van der Waals surface area (Å²) in [4.78, 5) is 10.6. The molecule has 0 aliphatic heterocycles. The number of hydrogen-bond acceptors (Lipinski definition) is 2. The average molecular weight is 263 g/mol. The molecule has 1 unspecified atom stereocenters. The summed E-state index contributed by atoms with van der Waals surface area (Å²) in [5, 5.41) is 6.07. The zero-order valence-corrected chi connectivity index (χ0v) is 12.1. The Hall–Kier alpha value is -1.55. The van der Waals surface area contributed by atoms with Crippen LogP contribution in [0.3, 0.4) is 0 Å². The molecule has 0 heterocycles. The number of carbonyl (C=O) groups is 1. The summed E-state index contributed by atoms with van der Waals surface area (Å²) in [6, 6.07) is 10.2. The molecule has 0 saturated carbocycles. The van der Waals surface area contributed by atoms with Crippen molar-refractivity contribution in [3.05, 3.63) is 35.9 Å². The minimum absolute atomic E-state index is 0.241. The van der Waals surface area contributed by atoms with Gasteiger partial charge in [0.15, 0.2) is 0 Å². The molecule has 0 aliphatic rings. The van der Waals surface area contributed by atoms with Gasteiger partial charge in [-0.15, -0.1) is 0 Å². The highest BCUT2D eigenvalue weighted by Crippen LogP contribution is 2.29. The molecule has 0 radical (unpaired) electrons. The van der Waals surface area contributed by atoms with Crippen LogP contribution < -0.4 is 16.4 Å². The van der Waals surface area contributed by atoms with Gasteiger partial charge in [-0.05, 0) is 17.4 Å². The quantitative estimate of drug-likeness (QED) is 0.690. The van der Waals surface area contributed by atoms with Crippen molar-refractivity contribution in [1.29, 1.82) is 0 Å². The fourth-order valence-corrected chi connectivity index (χ4v) is 2.04. The van der Waals surface area contributed by atoms with Crippen LogP contribution in [-0.2, 0) is 0 Å². The number of carbonyl (C=O) groups excluding carboxylic acids is 1. The maximum Gasteiger partial charge on any atom is 0.312 e. The third kappa shape index (κ3) is 6.82. The lowest BCUT2D eigenvalue weighted by molar-refractivity contribution is 0.248. The maximum atomic E-state index is 10.6. The lowest BCUT2D eigenvalue weighted by Crippen LogP contribution is -2.37. The molecule has 1 atom stereocenters. The normalized spacial score (nSPS) is 13.0.